The largest absolute Gasteiger partial charge is 0.253 e. The maximum absolute atomic E-state index is 12.6. The molecule has 0 N–H and O–H groups in total. The second-order valence-corrected chi connectivity index (χ2v) is 10.4. The third kappa shape index (κ3) is 3.05. The molecule has 108 valence electrons. The summed E-state index contributed by atoms with van der Waals surface area (Å²) >= 11 is 4.35. The molecule has 1 unspecified atom stereocenters. The van der Waals surface area contributed by atoms with Crippen molar-refractivity contribution in [1.29, 1.82) is 0 Å². The number of halogens is 1. The van der Waals surface area contributed by atoms with E-state index in [1.807, 2.05) is 0 Å². The van der Waals surface area contributed by atoms with Crippen LogP contribution in [0.5, 0.6) is 0 Å². The highest BCUT2D eigenvalue weighted by molar-refractivity contribution is 9.10. The molecule has 0 radical (unpaired) electrons. The normalized spacial score (nSPS) is 23.0. The van der Waals surface area contributed by atoms with E-state index in [-0.39, 0.29) is 22.3 Å². The Balaban J connectivity index is 2.35. The summed E-state index contributed by atoms with van der Waals surface area (Å²) in [6, 6.07) is 1.23. The van der Waals surface area contributed by atoms with Crippen LogP contribution in [-0.4, -0.2) is 45.2 Å². The Morgan fingerprint density at radius 2 is 2.21 bits per heavy atom. The van der Waals surface area contributed by atoms with Crippen LogP contribution in [0.4, 0.5) is 0 Å². The zero-order chi connectivity index (χ0) is 14.3. The van der Waals surface area contributed by atoms with Gasteiger partial charge in [-0.3, -0.25) is 0 Å². The van der Waals surface area contributed by atoms with Crippen LogP contribution in [0.2, 0.25) is 0 Å². The van der Waals surface area contributed by atoms with E-state index in [0.29, 0.717) is 10.9 Å². The van der Waals surface area contributed by atoms with Gasteiger partial charge in [0, 0.05) is 17.1 Å². The summed E-state index contributed by atoms with van der Waals surface area (Å²) < 4.78 is 50.2. The molecule has 1 fully saturated rings. The van der Waals surface area contributed by atoms with E-state index in [9.17, 15) is 16.8 Å². The molecule has 1 aliphatic heterocycles. The van der Waals surface area contributed by atoms with E-state index in [4.69, 9.17) is 0 Å². The van der Waals surface area contributed by atoms with Gasteiger partial charge in [-0.25, -0.2) is 16.8 Å². The van der Waals surface area contributed by atoms with E-state index < -0.39 is 25.9 Å². The first-order valence-corrected chi connectivity index (χ1v) is 10.7. The molecule has 5 nitrogen and oxygen atoms in total. The number of sulfone groups is 1. The third-order valence-electron chi connectivity index (χ3n) is 3.05. The number of nitrogens with zero attached hydrogens (tertiary/aromatic N) is 1. The Hall–Kier alpha value is 0.0400. The molecular formula is C10H14BrNO4S3. The molecule has 0 saturated carbocycles. The maximum atomic E-state index is 12.6. The van der Waals surface area contributed by atoms with Crippen molar-refractivity contribution in [3.63, 3.8) is 0 Å². The summed E-state index contributed by atoms with van der Waals surface area (Å²) in [6.45, 7) is 2.00. The molecule has 2 rings (SSSR count). The molecule has 0 aromatic carbocycles. The van der Waals surface area contributed by atoms with E-state index in [2.05, 4.69) is 15.9 Å². The van der Waals surface area contributed by atoms with Crippen LogP contribution in [0.1, 0.15) is 13.3 Å². The zero-order valence-electron chi connectivity index (χ0n) is 10.2. The van der Waals surface area contributed by atoms with Gasteiger partial charge < -0.3 is 0 Å². The Kier molecular flexibility index (Phi) is 4.41. The number of hydrogen-bond acceptors (Lipinski definition) is 5. The van der Waals surface area contributed by atoms with Gasteiger partial charge in [-0.15, -0.1) is 11.3 Å². The molecule has 1 aromatic heterocycles. The SMILES string of the molecule is CCN(C1CCS(=O)(=O)C1)S(=O)(=O)c1sccc1Br. The highest BCUT2D eigenvalue weighted by Gasteiger charge is 2.38. The summed E-state index contributed by atoms with van der Waals surface area (Å²) in [6.07, 6.45) is 0.373. The fraction of sp³-hybridized carbons (Fsp3) is 0.600. The molecule has 0 bridgehead atoms. The Morgan fingerprint density at radius 1 is 1.53 bits per heavy atom. The van der Waals surface area contributed by atoms with Crippen LogP contribution < -0.4 is 0 Å². The van der Waals surface area contributed by atoms with Crippen molar-refractivity contribution in [2.24, 2.45) is 0 Å². The highest BCUT2D eigenvalue weighted by Crippen LogP contribution is 2.32. The van der Waals surface area contributed by atoms with E-state index >= 15 is 0 Å². The predicted octanol–water partition coefficient (Wildman–Crippen LogP) is 1.71. The quantitative estimate of drug-likeness (QED) is 0.787. The van der Waals surface area contributed by atoms with Crippen molar-refractivity contribution < 1.29 is 16.8 Å². The van der Waals surface area contributed by atoms with E-state index in [1.54, 1.807) is 18.4 Å². The fourth-order valence-corrected chi connectivity index (χ4v) is 8.11. The minimum absolute atomic E-state index is 0.0648. The Morgan fingerprint density at radius 3 is 2.63 bits per heavy atom. The molecule has 0 amide bonds. The van der Waals surface area contributed by atoms with Gasteiger partial charge in [-0.1, -0.05) is 6.92 Å². The molecule has 0 aliphatic carbocycles. The van der Waals surface area contributed by atoms with Crippen molar-refractivity contribution in [2.75, 3.05) is 18.1 Å². The van der Waals surface area contributed by atoms with Crippen LogP contribution in [0.15, 0.2) is 20.1 Å². The van der Waals surface area contributed by atoms with Gasteiger partial charge in [0.2, 0.25) is 0 Å². The molecular weight excluding hydrogens is 374 g/mol. The second kappa shape index (κ2) is 5.44. The molecule has 1 aromatic rings. The monoisotopic (exact) mass is 387 g/mol. The predicted molar refractivity (Wildman–Crippen MR) is 78.6 cm³/mol. The van der Waals surface area contributed by atoms with Gasteiger partial charge in [0.25, 0.3) is 10.0 Å². The fourth-order valence-electron chi connectivity index (χ4n) is 2.20. The molecule has 9 heteroatoms. The van der Waals surface area contributed by atoms with Gasteiger partial charge in [-0.05, 0) is 33.8 Å². The lowest BCUT2D eigenvalue weighted by Gasteiger charge is -2.25. The number of sulfonamides is 1. The van der Waals surface area contributed by atoms with Crippen LogP contribution in [0.3, 0.4) is 0 Å². The summed E-state index contributed by atoms with van der Waals surface area (Å²) in [7, 11) is -6.74. The Bertz CT molecular complexity index is 665. The first-order chi connectivity index (χ1) is 8.78. The lowest BCUT2D eigenvalue weighted by molar-refractivity contribution is 0.355. The van der Waals surface area contributed by atoms with Crippen LogP contribution in [0.25, 0.3) is 0 Å². The summed E-state index contributed by atoms with van der Waals surface area (Å²) in [5.41, 5.74) is 0. The standard InChI is InChI=1S/C10H14BrNO4S3/c1-2-12(8-4-6-18(13,14)7-8)19(15,16)10-9(11)3-5-17-10/h3,5,8H,2,4,6-7H2,1H3. The second-order valence-electron chi connectivity index (χ2n) is 4.32. The molecule has 1 saturated heterocycles. The van der Waals surface area contributed by atoms with Gasteiger partial charge >= 0.3 is 0 Å². The third-order valence-corrected chi connectivity index (χ3v) is 9.48. The van der Waals surface area contributed by atoms with Crippen molar-refractivity contribution in [1.82, 2.24) is 4.31 Å². The smallest absolute Gasteiger partial charge is 0.229 e. The number of thiophene rings is 1. The first-order valence-electron chi connectivity index (χ1n) is 5.73. The minimum Gasteiger partial charge on any atom is -0.229 e. The topological polar surface area (TPSA) is 71.5 Å². The molecule has 1 aliphatic rings. The van der Waals surface area contributed by atoms with Crippen LogP contribution in [0, 0.1) is 0 Å². The van der Waals surface area contributed by atoms with E-state index in [0.717, 1.165) is 11.3 Å². The minimum atomic E-state index is -3.63. The van der Waals surface area contributed by atoms with Gasteiger partial charge in [-0.2, -0.15) is 4.31 Å². The van der Waals surface area contributed by atoms with Crippen molar-refractivity contribution >= 4 is 47.1 Å². The molecule has 19 heavy (non-hydrogen) atoms. The highest BCUT2D eigenvalue weighted by atomic mass is 79.9. The lowest BCUT2D eigenvalue weighted by Crippen LogP contribution is -2.40. The van der Waals surface area contributed by atoms with Crippen LogP contribution in [-0.2, 0) is 19.9 Å². The van der Waals surface area contributed by atoms with Gasteiger partial charge in [0.15, 0.2) is 9.84 Å². The maximum Gasteiger partial charge on any atom is 0.253 e. The van der Waals surface area contributed by atoms with Gasteiger partial charge in [0.05, 0.1) is 11.5 Å². The average molecular weight is 388 g/mol. The van der Waals surface area contributed by atoms with Crippen molar-refractivity contribution in [2.45, 2.75) is 23.6 Å². The van der Waals surface area contributed by atoms with Crippen molar-refractivity contribution in [3.05, 3.63) is 15.9 Å². The summed E-state index contributed by atoms with van der Waals surface area (Å²) in [5, 5.41) is 1.69. The van der Waals surface area contributed by atoms with Crippen LogP contribution >= 0.6 is 27.3 Å². The summed E-state index contributed by atoms with van der Waals surface area (Å²) in [4.78, 5) is 0. The van der Waals surface area contributed by atoms with Gasteiger partial charge in [0.1, 0.15) is 4.21 Å². The lowest BCUT2D eigenvalue weighted by atomic mass is 10.3. The molecule has 1 atom stereocenters. The molecule has 2 heterocycles. The van der Waals surface area contributed by atoms with E-state index in [1.165, 1.54) is 4.31 Å². The first kappa shape index (κ1) is 15.4. The molecule has 0 spiro atoms. The number of hydrogen-bond donors (Lipinski definition) is 0. The number of rotatable bonds is 4. The van der Waals surface area contributed by atoms with Crippen molar-refractivity contribution in [3.8, 4) is 0 Å². The Labute approximate surface area is 125 Å². The zero-order valence-corrected chi connectivity index (χ0v) is 14.3. The summed E-state index contributed by atoms with van der Waals surface area (Å²) in [5.74, 6) is -0.0155. The average Bonchev–Trinajstić information content (AvgIpc) is 2.86.